The van der Waals surface area contributed by atoms with E-state index in [2.05, 4.69) is 10.3 Å². The highest BCUT2D eigenvalue weighted by atomic mass is 19.1. The highest BCUT2D eigenvalue weighted by molar-refractivity contribution is 5.93. The van der Waals surface area contributed by atoms with Gasteiger partial charge in [0.25, 0.3) is 0 Å². The Balaban J connectivity index is 2.78. The number of fused-ring (bicyclic) bond motifs is 1. The molecule has 0 saturated heterocycles. The average Bonchev–Trinajstić information content (AvgIpc) is 2.20. The maximum atomic E-state index is 13.4. The number of nitrogens with one attached hydrogen (secondary N) is 1. The Hall–Kier alpha value is -1.64. The Morgan fingerprint density at radius 2 is 2.00 bits per heavy atom. The predicted octanol–water partition coefficient (Wildman–Crippen LogP) is 3.42. The van der Waals surface area contributed by atoms with Crippen LogP contribution < -0.4 is 5.32 Å². The molecule has 1 aromatic heterocycles. The molecular formula is C13H15FN2. The average molecular weight is 218 g/mol. The first-order valence-corrected chi connectivity index (χ1v) is 5.43. The van der Waals surface area contributed by atoms with Crippen LogP contribution in [0.25, 0.3) is 10.9 Å². The van der Waals surface area contributed by atoms with Crippen LogP contribution in [0, 0.1) is 19.7 Å². The smallest absolute Gasteiger partial charge is 0.124 e. The SMILES string of the molecule is CCNc1cc(C)nc2c(C)cc(F)cc12. The summed E-state index contributed by atoms with van der Waals surface area (Å²) in [5.74, 6) is -0.213. The summed E-state index contributed by atoms with van der Waals surface area (Å²) in [6, 6.07) is 5.00. The lowest BCUT2D eigenvalue weighted by Gasteiger charge is -2.10. The molecule has 2 rings (SSSR count). The van der Waals surface area contributed by atoms with Crippen LogP contribution in [-0.4, -0.2) is 11.5 Å². The second-order valence-electron chi connectivity index (χ2n) is 3.96. The first-order chi connectivity index (χ1) is 7.61. The molecule has 84 valence electrons. The van der Waals surface area contributed by atoms with Crippen molar-refractivity contribution < 1.29 is 4.39 Å². The summed E-state index contributed by atoms with van der Waals surface area (Å²) in [7, 11) is 0. The minimum absolute atomic E-state index is 0.213. The Morgan fingerprint density at radius 3 is 2.69 bits per heavy atom. The Morgan fingerprint density at radius 1 is 1.25 bits per heavy atom. The van der Waals surface area contributed by atoms with Crippen LogP contribution in [0.15, 0.2) is 18.2 Å². The standard InChI is InChI=1S/C13H15FN2/c1-4-15-12-6-9(3)16-13-8(2)5-10(14)7-11(12)13/h5-7H,4H2,1-3H3,(H,15,16). The molecule has 0 amide bonds. The summed E-state index contributed by atoms with van der Waals surface area (Å²) in [6.45, 7) is 6.67. The minimum atomic E-state index is -0.213. The lowest BCUT2D eigenvalue weighted by Crippen LogP contribution is -2.00. The van der Waals surface area contributed by atoms with Crippen LogP contribution in [0.5, 0.6) is 0 Å². The molecule has 0 unspecified atom stereocenters. The molecular weight excluding hydrogens is 203 g/mol. The van der Waals surface area contributed by atoms with Crippen molar-refractivity contribution in [1.29, 1.82) is 0 Å². The number of pyridine rings is 1. The van der Waals surface area contributed by atoms with Gasteiger partial charge in [-0.2, -0.15) is 0 Å². The minimum Gasteiger partial charge on any atom is -0.385 e. The largest absolute Gasteiger partial charge is 0.385 e. The maximum Gasteiger partial charge on any atom is 0.124 e. The first kappa shape index (κ1) is 10.9. The molecule has 2 aromatic rings. The molecule has 3 heteroatoms. The third kappa shape index (κ3) is 1.85. The van der Waals surface area contributed by atoms with Gasteiger partial charge in [0.2, 0.25) is 0 Å². The van der Waals surface area contributed by atoms with E-state index < -0.39 is 0 Å². The van der Waals surface area contributed by atoms with Crippen molar-refractivity contribution in [3.63, 3.8) is 0 Å². The van der Waals surface area contributed by atoms with E-state index in [-0.39, 0.29) is 5.82 Å². The second-order valence-corrected chi connectivity index (χ2v) is 3.96. The first-order valence-electron chi connectivity index (χ1n) is 5.43. The van der Waals surface area contributed by atoms with Crippen LogP contribution in [0.3, 0.4) is 0 Å². The van der Waals surface area contributed by atoms with Gasteiger partial charge in [-0.15, -0.1) is 0 Å². The van der Waals surface area contributed by atoms with Gasteiger partial charge in [-0.25, -0.2) is 4.39 Å². The zero-order valence-corrected chi connectivity index (χ0v) is 9.76. The third-order valence-electron chi connectivity index (χ3n) is 2.56. The summed E-state index contributed by atoms with van der Waals surface area (Å²) >= 11 is 0. The van der Waals surface area contributed by atoms with E-state index in [9.17, 15) is 4.39 Å². The van der Waals surface area contributed by atoms with Crippen molar-refractivity contribution in [1.82, 2.24) is 4.98 Å². The maximum absolute atomic E-state index is 13.4. The number of hydrogen-bond acceptors (Lipinski definition) is 2. The number of halogens is 1. The Bertz CT molecular complexity index is 535. The fraction of sp³-hybridized carbons (Fsp3) is 0.308. The highest BCUT2D eigenvalue weighted by Gasteiger charge is 2.07. The van der Waals surface area contributed by atoms with Crippen molar-refractivity contribution in [2.75, 3.05) is 11.9 Å². The summed E-state index contributed by atoms with van der Waals surface area (Å²) in [6.07, 6.45) is 0. The third-order valence-corrected chi connectivity index (χ3v) is 2.56. The van der Waals surface area contributed by atoms with Gasteiger partial charge >= 0.3 is 0 Å². The van der Waals surface area contributed by atoms with Gasteiger partial charge in [0.05, 0.1) is 5.52 Å². The molecule has 0 atom stereocenters. The lowest BCUT2D eigenvalue weighted by atomic mass is 10.1. The van der Waals surface area contributed by atoms with E-state index >= 15 is 0 Å². The molecule has 0 fully saturated rings. The molecule has 1 N–H and O–H groups in total. The number of anilines is 1. The van der Waals surface area contributed by atoms with Crippen molar-refractivity contribution in [2.45, 2.75) is 20.8 Å². The Labute approximate surface area is 94.5 Å². The molecule has 0 saturated carbocycles. The van der Waals surface area contributed by atoms with E-state index in [1.54, 1.807) is 0 Å². The van der Waals surface area contributed by atoms with E-state index in [4.69, 9.17) is 0 Å². The van der Waals surface area contributed by atoms with Crippen LogP contribution in [0.4, 0.5) is 10.1 Å². The number of hydrogen-bond donors (Lipinski definition) is 1. The topological polar surface area (TPSA) is 24.9 Å². The van der Waals surface area contributed by atoms with Gasteiger partial charge in [-0.05, 0) is 44.5 Å². The number of benzene rings is 1. The molecule has 0 aliphatic rings. The number of rotatable bonds is 2. The van der Waals surface area contributed by atoms with Gasteiger partial charge < -0.3 is 5.32 Å². The second kappa shape index (κ2) is 4.08. The van der Waals surface area contributed by atoms with Crippen molar-refractivity contribution >= 4 is 16.6 Å². The summed E-state index contributed by atoms with van der Waals surface area (Å²) in [4.78, 5) is 4.45. The molecule has 0 spiro atoms. The monoisotopic (exact) mass is 218 g/mol. The highest BCUT2D eigenvalue weighted by Crippen LogP contribution is 2.26. The molecule has 1 aromatic carbocycles. The Kier molecular flexibility index (Phi) is 2.77. The number of aryl methyl sites for hydroxylation is 2. The summed E-state index contributed by atoms with van der Waals surface area (Å²) in [5.41, 5.74) is 3.64. The van der Waals surface area contributed by atoms with E-state index in [0.717, 1.165) is 34.4 Å². The summed E-state index contributed by atoms with van der Waals surface area (Å²) < 4.78 is 13.4. The van der Waals surface area contributed by atoms with Gasteiger partial charge in [0.1, 0.15) is 5.82 Å². The fourth-order valence-corrected chi connectivity index (χ4v) is 1.92. The fourth-order valence-electron chi connectivity index (χ4n) is 1.92. The van der Waals surface area contributed by atoms with Crippen molar-refractivity contribution in [2.24, 2.45) is 0 Å². The lowest BCUT2D eigenvalue weighted by molar-refractivity contribution is 0.628. The van der Waals surface area contributed by atoms with Gasteiger partial charge in [0, 0.05) is 23.3 Å². The predicted molar refractivity (Wildman–Crippen MR) is 65.3 cm³/mol. The molecule has 16 heavy (non-hydrogen) atoms. The number of aromatic nitrogens is 1. The molecule has 1 heterocycles. The van der Waals surface area contributed by atoms with Gasteiger partial charge in [-0.3, -0.25) is 4.98 Å². The van der Waals surface area contributed by atoms with Gasteiger partial charge in [-0.1, -0.05) is 0 Å². The molecule has 0 bridgehead atoms. The van der Waals surface area contributed by atoms with Crippen LogP contribution in [0.2, 0.25) is 0 Å². The number of nitrogens with zero attached hydrogens (tertiary/aromatic N) is 1. The molecule has 2 nitrogen and oxygen atoms in total. The van der Waals surface area contributed by atoms with E-state index in [0.29, 0.717) is 0 Å². The van der Waals surface area contributed by atoms with Crippen LogP contribution in [0.1, 0.15) is 18.2 Å². The van der Waals surface area contributed by atoms with E-state index in [1.807, 2.05) is 26.8 Å². The molecule has 0 aliphatic carbocycles. The quantitative estimate of drug-likeness (QED) is 0.835. The zero-order valence-electron chi connectivity index (χ0n) is 9.76. The molecule has 0 aliphatic heterocycles. The zero-order chi connectivity index (χ0) is 11.7. The normalized spacial score (nSPS) is 10.8. The van der Waals surface area contributed by atoms with Crippen LogP contribution >= 0.6 is 0 Å². The van der Waals surface area contributed by atoms with Crippen molar-refractivity contribution in [3.8, 4) is 0 Å². The molecule has 0 radical (unpaired) electrons. The van der Waals surface area contributed by atoms with Crippen molar-refractivity contribution in [3.05, 3.63) is 35.3 Å². The van der Waals surface area contributed by atoms with E-state index in [1.165, 1.54) is 12.1 Å². The van der Waals surface area contributed by atoms with Crippen LogP contribution in [-0.2, 0) is 0 Å². The summed E-state index contributed by atoms with van der Waals surface area (Å²) in [5, 5.41) is 4.09. The van der Waals surface area contributed by atoms with Gasteiger partial charge in [0.15, 0.2) is 0 Å².